The molecule has 3 aromatic heterocycles. The lowest BCUT2D eigenvalue weighted by molar-refractivity contribution is 0.0989. The molecule has 0 aliphatic carbocycles. The third-order valence-electron chi connectivity index (χ3n) is 5.91. The summed E-state index contributed by atoms with van der Waals surface area (Å²) in [5.41, 5.74) is 5.27. The Kier molecular flexibility index (Phi) is 4.92. The van der Waals surface area contributed by atoms with Crippen molar-refractivity contribution in [2.24, 2.45) is 0 Å². The van der Waals surface area contributed by atoms with Crippen LogP contribution in [0, 0.1) is 0 Å². The predicted octanol–water partition coefficient (Wildman–Crippen LogP) is 5.03. The van der Waals surface area contributed by atoms with Crippen molar-refractivity contribution < 1.29 is 4.79 Å². The maximum absolute atomic E-state index is 13.0. The molecule has 0 unspecified atom stereocenters. The van der Waals surface area contributed by atoms with Crippen LogP contribution in [0.15, 0.2) is 91.5 Å². The van der Waals surface area contributed by atoms with Crippen LogP contribution in [0.4, 0.5) is 17.2 Å². The Balaban J connectivity index is 1.34. The van der Waals surface area contributed by atoms with Gasteiger partial charge >= 0.3 is 0 Å². The summed E-state index contributed by atoms with van der Waals surface area (Å²) >= 11 is 0. The highest BCUT2D eigenvalue weighted by atomic mass is 16.2. The highest BCUT2D eigenvalue weighted by Crippen LogP contribution is 2.33. The van der Waals surface area contributed by atoms with Crippen LogP contribution in [-0.4, -0.2) is 32.4 Å². The third-order valence-corrected chi connectivity index (χ3v) is 5.91. The highest BCUT2D eigenvalue weighted by Gasteiger charge is 2.26. The quantitative estimate of drug-likeness (QED) is 0.418. The second kappa shape index (κ2) is 8.37. The van der Waals surface area contributed by atoms with Crippen LogP contribution in [0.1, 0.15) is 15.9 Å². The summed E-state index contributed by atoms with van der Waals surface area (Å²) in [4.78, 5) is 32.6. The van der Waals surface area contributed by atoms with E-state index < -0.39 is 0 Å². The van der Waals surface area contributed by atoms with Crippen LogP contribution in [0.25, 0.3) is 22.3 Å². The zero-order valence-corrected chi connectivity index (χ0v) is 18.2. The summed E-state index contributed by atoms with van der Waals surface area (Å²) in [6.07, 6.45) is 7.57. The van der Waals surface area contributed by atoms with Gasteiger partial charge in [0.15, 0.2) is 5.82 Å². The van der Waals surface area contributed by atoms with Crippen LogP contribution < -0.4 is 10.2 Å². The van der Waals surface area contributed by atoms with E-state index in [-0.39, 0.29) is 5.91 Å². The van der Waals surface area contributed by atoms with E-state index in [1.807, 2.05) is 53.4 Å². The van der Waals surface area contributed by atoms with Gasteiger partial charge in [-0.1, -0.05) is 12.1 Å². The van der Waals surface area contributed by atoms with E-state index in [0.717, 1.165) is 45.6 Å². The number of benzene rings is 2. The number of hydrogen-bond acceptors (Lipinski definition) is 6. The number of hydrogen-bond donors (Lipinski definition) is 1. The van der Waals surface area contributed by atoms with Gasteiger partial charge in [-0.05, 0) is 66.6 Å². The van der Waals surface area contributed by atoms with Gasteiger partial charge in [-0.2, -0.15) is 0 Å². The molecule has 34 heavy (non-hydrogen) atoms. The van der Waals surface area contributed by atoms with E-state index >= 15 is 0 Å². The second-order valence-corrected chi connectivity index (χ2v) is 8.07. The monoisotopic (exact) mass is 444 g/mol. The van der Waals surface area contributed by atoms with Crippen LogP contribution >= 0.6 is 0 Å². The van der Waals surface area contributed by atoms with E-state index in [9.17, 15) is 4.79 Å². The lowest BCUT2D eigenvalue weighted by atomic mass is 10.1. The Bertz CT molecular complexity index is 1500. The zero-order valence-electron chi connectivity index (χ0n) is 18.2. The lowest BCUT2D eigenvalue weighted by Crippen LogP contribution is -2.28. The minimum absolute atomic E-state index is 0.0320. The molecule has 0 spiro atoms. The molecule has 6 rings (SSSR count). The van der Waals surface area contributed by atoms with Gasteiger partial charge in [0.25, 0.3) is 5.91 Å². The summed E-state index contributed by atoms with van der Waals surface area (Å²) in [5.74, 6) is 1.31. The van der Waals surface area contributed by atoms with Gasteiger partial charge in [0.2, 0.25) is 0 Å². The van der Waals surface area contributed by atoms with Crippen molar-refractivity contribution in [1.82, 2.24) is 19.9 Å². The summed E-state index contributed by atoms with van der Waals surface area (Å²) in [5, 5.41) is 4.41. The number of nitrogens with one attached hydrogen (secondary N) is 1. The minimum atomic E-state index is -0.0320. The lowest BCUT2D eigenvalue weighted by Gasteiger charge is -2.18. The van der Waals surface area contributed by atoms with Gasteiger partial charge in [-0.25, -0.2) is 9.97 Å². The number of pyridine rings is 2. The molecular weight excluding hydrogens is 424 g/mol. The number of nitrogens with zero attached hydrogens (tertiary/aromatic N) is 5. The average Bonchev–Trinajstić information content (AvgIpc) is 3.32. The number of rotatable bonds is 4. The molecular formula is C27H20N6O. The van der Waals surface area contributed by atoms with E-state index in [1.165, 1.54) is 0 Å². The van der Waals surface area contributed by atoms with Crippen molar-refractivity contribution in [3.63, 3.8) is 0 Å². The Morgan fingerprint density at radius 1 is 0.882 bits per heavy atom. The number of carbonyl (C=O) groups is 1. The number of aromatic nitrogens is 4. The van der Waals surface area contributed by atoms with Gasteiger partial charge in [0.1, 0.15) is 5.82 Å². The summed E-state index contributed by atoms with van der Waals surface area (Å²) in [6, 6.07) is 21.4. The second-order valence-electron chi connectivity index (χ2n) is 8.07. The molecule has 164 valence electrons. The van der Waals surface area contributed by atoms with Crippen molar-refractivity contribution in [2.75, 3.05) is 16.8 Å². The van der Waals surface area contributed by atoms with Crippen molar-refractivity contribution in [3.8, 4) is 11.4 Å². The van der Waals surface area contributed by atoms with Crippen LogP contribution in [0.5, 0.6) is 0 Å². The fraction of sp³-hybridized carbons (Fsp3) is 0.0741. The minimum Gasteiger partial charge on any atom is -0.340 e. The molecule has 0 bridgehead atoms. The summed E-state index contributed by atoms with van der Waals surface area (Å²) in [6.45, 7) is 0.647. The van der Waals surface area contributed by atoms with Crippen molar-refractivity contribution in [1.29, 1.82) is 0 Å². The summed E-state index contributed by atoms with van der Waals surface area (Å²) < 4.78 is 0. The molecule has 7 heteroatoms. The molecule has 1 N–H and O–H groups in total. The first kappa shape index (κ1) is 20.0. The number of anilines is 3. The first-order valence-electron chi connectivity index (χ1n) is 11.1. The fourth-order valence-electron chi connectivity index (χ4n) is 4.27. The molecule has 1 aliphatic heterocycles. The van der Waals surface area contributed by atoms with Crippen molar-refractivity contribution >= 4 is 34.0 Å². The molecule has 0 atom stereocenters. The van der Waals surface area contributed by atoms with Gasteiger partial charge in [-0.3, -0.25) is 14.8 Å². The fourth-order valence-corrected chi connectivity index (χ4v) is 4.27. The number of carbonyl (C=O) groups excluding carboxylic acids is 1. The standard InChI is InChI=1S/C27H20N6O/c34-27(20-6-4-13-29-17-20)33-14-11-18-15-21(9-10-24(18)33)30-26-22-7-1-2-8-23(22)31-25(32-26)19-5-3-12-28-16-19/h1-10,12-13,15-17H,11,14H2,(H,30,31,32). The molecule has 1 aliphatic rings. The Labute approximate surface area is 196 Å². The Morgan fingerprint density at radius 2 is 1.74 bits per heavy atom. The number of para-hydroxylation sites is 1. The van der Waals surface area contributed by atoms with Gasteiger partial charge in [0, 0.05) is 53.7 Å². The van der Waals surface area contributed by atoms with Gasteiger partial charge < -0.3 is 10.2 Å². The summed E-state index contributed by atoms with van der Waals surface area (Å²) in [7, 11) is 0. The Morgan fingerprint density at radius 3 is 2.56 bits per heavy atom. The van der Waals surface area contributed by atoms with Gasteiger partial charge in [0.05, 0.1) is 11.1 Å². The Hall–Kier alpha value is -4.65. The molecule has 7 nitrogen and oxygen atoms in total. The first-order valence-corrected chi connectivity index (χ1v) is 11.1. The van der Waals surface area contributed by atoms with E-state index in [1.54, 1.807) is 36.9 Å². The van der Waals surface area contributed by atoms with Gasteiger partial charge in [-0.15, -0.1) is 0 Å². The molecule has 0 fully saturated rings. The molecule has 0 radical (unpaired) electrons. The average molecular weight is 444 g/mol. The molecule has 0 saturated heterocycles. The van der Waals surface area contributed by atoms with Crippen molar-refractivity contribution in [2.45, 2.75) is 6.42 Å². The highest BCUT2D eigenvalue weighted by molar-refractivity contribution is 6.07. The SMILES string of the molecule is O=C(c1cccnc1)N1CCc2cc(Nc3nc(-c4cccnc4)nc4ccccc34)ccc21. The maximum atomic E-state index is 13.0. The van der Waals surface area contributed by atoms with Crippen molar-refractivity contribution in [3.05, 3.63) is 103 Å². The topological polar surface area (TPSA) is 83.9 Å². The molecule has 0 saturated carbocycles. The van der Waals surface area contributed by atoms with Crippen LogP contribution in [0.2, 0.25) is 0 Å². The number of fused-ring (bicyclic) bond motifs is 2. The molecule has 5 aromatic rings. The third kappa shape index (κ3) is 3.63. The molecule has 2 aromatic carbocycles. The normalized spacial score (nSPS) is 12.5. The van der Waals surface area contributed by atoms with E-state index in [4.69, 9.17) is 9.97 Å². The zero-order chi connectivity index (χ0) is 22.9. The van der Waals surface area contributed by atoms with E-state index in [2.05, 4.69) is 21.4 Å². The van der Waals surface area contributed by atoms with Crippen LogP contribution in [-0.2, 0) is 6.42 Å². The smallest absolute Gasteiger partial charge is 0.259 e. The first-order chi connectivity index (χ1) is 16.8. The predicted molar refractivity (Wildman–Crippen MR) is 132 cm³/mol. The number of amides is 1. The van der Waals surface area contributed by atoms with Crippen LogP contribution in [0.3, 0.4) is 0 Å². The molecule has 1 amide bonds. The largest absolute Gasteiger partial charge is 0.340 e. The maximum Gasteiger partial charge on any atom is 0.259 e. The van der Waals surface area contributed by atoms with E-state index in [0.29, 0.717) is 17.9 Å². The molecule has 4 heterocycles.